The molecule has 1 heterocycles. The maximum Gasteiger partial charge on any atom is 0.127 e. The van der Waals surface area contributed by atoms with E-state index in [-0.39, 0.29) is 23.5 Å². The van der Waals surface area contributed by atoms with E-state index in [1.165, 1.54) is 12.1 Å². The average molecular weight is 281 g/mol. The van der Waals surface area contributed by atoms with Gasteiger partial charge in [0.1, 0.15) is 11.6 Å². The number of piperidine rings is 1. The minimum absolute atomic E-state index is 0.0151. The quantitative estimate of drug-likeness (QED) is 0.778. The van der Waals surface area contributed by atoms with Crippen LogP contribution in [0.2, 0.25) is 0 Å². The maximum absolute atomic E-state index is 14.3. The van der Waals surface area contributed by atoms with E-state index in [4.69, 9.17) is 0 Å². The van der Waals surface area contributed by atoms with Gasteiger partial charge in [-0.25, -0.2) is 8.78 Å². The van der Waals surface area contributed by atoms with Crippen LogP contribution in [0.4, 0.5) is 8.78 Å². The minimum atomic E-state index is -0.261. The molecule has 1 aromatic rings. The number of hydrogen-bond donors (Lipinski definition) is 0. The van der Waals surface area contributed by atoms with Crippen molar-refractivity contribution >= 4 is 0 Å². The average Bonchev–Trinajstić information content (AvgIpc) is 2.40. The van der Waals surface area contributed by atoms with Crippen molar-refractivity contribution in [3.05, 3.63) is 34.9 Å². The molecule has 20 heavy (non-hydrogen) atoms. The zero-order chi connectivity index (χ0) is 14.9. The first kappa shape index (κ1) is 15.4. The van der Waals surface area contributed by atoms with E-state index in [0.29, 0.717) is 17.2 Å². The van der Waals surface area contributed by atoms with Crippen molar-refractivity contribution in [1.29, 1.82) is 0 Å². The highest BCUT2D eigenvalue weighted by molar-refractivity contribution is 5.31. The van der Waals surface area contributed by atoms with E-state index in [2.05, 4.69) is 18.7 Å². The largest absolute Gasteiger partial charge is 0.301 e. The third-order valence-corrected chi connectivity index (χ3v) is 4.44. The fraction of sp³-hybridized carbons (Fsp3) is 0.647. The van der Waals surface area contributed by atoms with Crippen molar-refractivity contribution < 1.29 is 8.78 Å². The summed E-state index contributed by atoms with van der Waals surface area (Å²) >= 11 is 0. The first-order valence-corrected chi connectivity index (χ1v) is 7.63. The fourth-order valence-corrected chi connectivity index (χ4v) is 3.06. The van der Waals surface area contributed by atoms with Gasteiger partial charge in [0.2, 0.25) is 0 Å². The number of hydrogen-bond acceptors (Lipinski definition) is 1. The highest BCUT2D eigenvalue weighted by Crippen LogP contribution is 2.33. The highest BCUT2D eigenvalue weighted by atomic mass is 19.1. The molecule has 1 saturated heterocycles. The molecule has 0 spiro atoms. The topological polar surface area (TPSA) is 3.24 Å². The Balaban J connectivity index is 2.16. The Bertz CT molecular complexity index is 460. The van der Waals surface area contributed by atoms with Crippen LogP contribution in [0.25, 0.3) is 0 Å². The molecular weight excluding hydrogens is 256 g/mol. The SMILES string of the molecule is CC(C)c1cc(F)c(C2CCN(C(C)C)CC2)cc1F. The van der Waals surface area contributed by atoms with Crippen molar-refractivity contribution in [3.8, 4) is 0 Å². The van der Waals surface area contributed by atoms with Gasteiger partial charge >= 0.3 is 0 Å². The highest BCUT2D eigenvalue weighted by Gasteiger charge is 2.25. The summed E-state index contributed by atoms with van der Waals surface area (Å²) in [5, 5.41) is 0. The molecule has 0 atom stereocenters. The molecule has 2 rings (SSSR count). The van der Waals surface area contributed by atoms with Gasteiger partial charge in [-0.1, -0.05) is 13.8 Å². The zero-order valence-corrected chi connectivity index (χ0v) is 12.9. The smallest absolute Gasteiger partial charge is 0.127 e. The predicted molar refractivity (Wildman–Crippen MR) is 79.1 cm³/mol. The Morgan fingerprint density at radius 3 is 2.10 bits per heavy atom. The third kappa shape index (κ3) is 3.20. The van der Waals surface area contributed by atoms with E-state index in [0.717, 1.165) is 25.9 Å². The summed E-state index contributed by atoms with van der Waals surface area (Å²) in [4.78, 5) is 2.40. The fourth-order valence-electron chi connectivity index (χ4n) is 3.06. The van der Waals surface area contributed by atoms with Gasteiger partial charge < -0.3 is 4.90 Å². The molecule has 112 valence electrons. The van der Waals surface area contributed by atoms with Gasteiger partial charge in [0, 0.05) is 6.04 Å². The van der Waals surface area contributed by atoms with E-state index < -0.39 is 0 Å². The van der Waals surface area contributed by atoms with E-state index >= 15 is 0 Å². The molecule has 0 radical (unpaired) electrons. The van der Waals surface area contributed by atoms with Crippen molar-refractivity contribution in [2.24, 2.45) is 0 Å². The van der Waals surface area contributed by atoms with Crippen LogP contribution in [0.1, 0.15) is 63.5 Å². The second-order valence-corrected chi connectivity index (χ2v) is 6.45. The maximum atomic E-state index is 14.3. The molecule has 0 N–H and O–H groups in total. The van der Waals surface area contributed by atoms with Gasteiger partial charge in [-0.05, 0) is 74.9 Å². The van der Waals surface area contributed by atoms with Gasteiger partial charge in [0.25, 0.3) is 0 Å². The lowest BCUT2D eigenvalue weighted by atomic mass is 9.87. The lowest BCUT2D eigenvalue weighted by Crippen LogP contribution is -2.38. The van der Waals surface area contributed by atoms with Gasteiger partial charge in [-0.2, -0.15) is 0 Å². The van der Waals surface area contributed by atoms with Crippen molar-refractivity contribution in [3.63, 3.8) is 0 Å². The molecule has 1 aliphatic heterocycles. The van der Waals surface area contributed by atoms with Crippen LogP contribution in [0.5, 0.6) is 0 Å². The number of likely N-dealkylation sites (tertiary alicyclic amines) is 1. The molecule has 0 aliphatic carbocycles. The number of rotatable bonds is 3. The Morgan fingerprint density at radius 1 is 1.00 bits per heavy atom. The van der Waals surface area contributed by atoms with Gasteiger partial charge in [-0.3, -0.25) is 0 Å². The van der Waals surface area contributed by atoms with Crippen LogP contribution in [0.3, 0.4) is 0 Å². The minimum Gasteiger partial charge on any atom is -0.301 e. The Kier molecular flexibility index (Phi) is 4.79. The summed E-state index contributed by atoms with van der Waals surface area (Å²) in [5.41, 5.74) is 1.04. The van der Waals surface area contributed by atoms with Gasteiger partial charge in [-0.15, -0.1) is 0 Å². The lowest BCUT2D eigenvalue weighted by molar-refractivity contribution is 0.170. The molecular formula is C17H25F2N. The zero-order valence-electron chi connectivity index (χ0n) is 12.9. The second-order valence-electron chi connectivity index (χ2n) is 6.45. The summed E-state index contributed by atoms with van der Waals surface area (Å²) < 4.78 is 28.3. The molecule has 0 aromatic heterocycles. The molecule has 1 nitrogen and oxygen atoms in total. The van der Waals surface area contributed by atoms with Crippen LogP contribution in [0, 0.1) is 11.6 Å². The van der Waals surface area contributed by atoms with Gasteiger partial charge in [0.15, 0.2) is 0 Å². The summed E-state index contributed by atoms with van der Waals surface area (Å²) in [5.74, 6) is -0.331. The first-order chi connectivity index (χ1) is 9.40. The van der Waals surface area contributed by atoms with Crippen LogP contribution < -0.4 is 0 Å². The number of nitrogens with zero attached hydrogens (tertiary/aromatic N) is 1. The second kappa shape index (κ2) is 6.21. The van der Waals surface area contributed by atoms with Crippen LogP contribution in [-0.4, -0.2) is 24.0 Å². The van der Waals surface area contributed by atoms with Gasteiger partial charge in [0.05, 0.1) is 0 Å². The predicted octanol–water partition coefficient (Wildman–Crippen LogP) is 4.68. The molecule has 1 aliphatic rings. The number of halogens is 2. The van der Waals surface area contributed by atoms with Crippen molar-refractivity contribution in [2.45, 2.75) is 58.4 Å². The molecule has 1 aromatic carbocycles. The Hall–Kier alpha value is -0.960. The van der Waals surface area contributed by atoms with E-state index in [9.17, 15) is 8.78 Å². The summed E-state index contributed by atoms with van der Waals surface area (Å²) in [6.07, 6.45) is 1.82. The molecule has 0 saturated carbocycles. The molecule has 1 fully saturated rings. The number of benzene rings is 1. The summed E-state index contributed by atoms with van der Waals surface area (Å²) in [7, 11) is 0. The Labute approximate surface area is 121 Å². The first-order valence-electron chi connectivity index (χ1n) is 7.63. The standard InChI is InChI=1S/C17H25F2N/c1-11(2)14-9-17(19)15(10-16(14)18)13-5-7-20(8-6-13)12(3)4/h9-13H,5-8H2,1-4H3. The van der Waals surface area contributed by atoms with Crippen LogP contribution in [-0.2, 0) is 0 Å². The monoisotopic (exact) mass is 281 g/mol. The van der Waals surface area contributed by atoms with Crippen LogP contribution in [0.15, 0.2) is 12.1 Å². The Morgan fingerprint density at radius 2 is 1.60 bits per heavy atom. The van der Waals surface area contributed by atoms with Crippen molar-refractivity contribution in [2.75, 3.05) is 13.1 Å². The summed E-state index contributed by atoms with van der Waals surface area (Å²) in [6.45, 7) is 10.1. The van der Waals surface area contributed by atoms with Crippen molar-refractivity contribution in [1.82, 2.24) is 4.90 Å². The molecule has 0 bridgehead atoms. The molecule has 3 heteroatoms. The van der Waals surface area contributed by atoms with Crippen LogP contribution >= 0.6 is 0 Å². The normalized spacial score (nSPS) is 18.2. The third-order valence-electron chi connectivity index (χ3n) is 4.44. The van der Waals surface area contributed by atoms with E-state index in [1.807, 2.05) is 13.8 Å². The summed E-state index contributed by atoms with van der Waals surface area (Å²) in [6, 6.07) is 3.35. The lowest BCUT2D eigenvalue weighted by Gasteiger charge is -2.35. The molecule has 0 unspecified atom stereocenters. The molecule has 0 amide bonds. The van der Waals surface area contributed by atoms with E-state index in [1.54, 1.807) is 0 Å².